The maximum atomic E-state index is 10.7. The van der Waals surface area contributed by atoms with E-state index in [4.69, 9.17) is 4.74 Å². The molecule has 0 aromatic heterocycles. The van der Waals surface area contributed by atoms with Crippen molar-refractivity contribution in [1.82, 2.24) is 0 Å². The minimum atomic E-state index is -0.337. The van der Waals surface area contributed by atoms with Gasteiger partial charge in [0.2, 0.25) is 0 Å². The molecule has 1 aliphatic heterocycles. The molecule has 0 bridgehead atoms. The Morgan fingerprint density at radius 1 is 1.67 bits per heavy atom. The minimum absolute atomic E-state index is 0.214. The fourth-order valence-corrected chi connectivity index (χ4v) is 0.688. The van der Waals surface area contributed by atoms with Crippen molar-refractivity contribution < 1.29 is 14.3 Å². The second-order valence-electron chi connectivity index (χ2n) is 2.25. The molecule has 70 valence electrons. The monoisotopic (exact) mass is 172 g/mol. The van der Waals surface area contributed by atoms with Gasteiger partial charge in [-0.2, -0.15) is 0 Å². The van der Waals surface area contributed by atoms with E-state index in [1.54, 1.807) is 0 Å². The van der Waals surface area contributed by atoms with Crippen molar-refractivity contribution >= 4 is 5.97 Å². The molecular weight excluding hydrogens is 156 g/mol. The first-order valence-corrected chi connectivity index (χ1v) is 4.11. The summed E-state index contributed by atoms with van der Waals surface area (Å²) in [5, 5.41) is 0. The van der Waals surface area contributed by atoms with Crippen molar-refractivity contribution in [3.05, 3.63) is 12.2 Å². The fourth-order valence-electron chi connectivity index (χ4n) is 0.688. The largest absolute Gasteiger partial charge is 0.466 e. The van der Waals surface area contributed by atoms with E-state index < -0.39 is 0 Å². The van der Waals surface area contributed by atoms with Gasteiger partial charge in [-0.25, -0.2) is 4.79 Å². The first-order chi connectivity index (χ1) is 5.74. The van der Waals surface area contributed by atoms with E-state index in [1.807, 2.05) is 13.8 Å². The summed E-state index contributed by atoms with van der Waals surface area (Å²) >= 11 is 0. The van der Waals surface area contributed by atoms with E-state index >= 15 is 0 Å². The van der Waals surface area contributed by atoms with Gasteiger partial charge in [0.15, 0.2) is 0 Å². The number of esters is 1. The standard InChI is InChI=1S/C7H10O3.C2H6/c1-5(7(8)9-2)3-6-4-10-6;1-2/h6H,1,3-4H2,2H3;1-2H3. The van der Waals surface area contributed by atoms with Gasteiger partial charge in [0.05, 0.1) is 19.8 Å². The van der Waals surface area contributed by atoms with E-state index in [-0.39, 0.29) is 12.1 Å². The second kappa shape index (κ2) is 5.77. The minimum Gasteiger partial charge on any atom is -0.466 e. The normalized spacial score (nSPS) is 18.8. The molecule has 0 spiro atoms. The van der Waals surface area contributed by atoms with Gasteiger partial charge < -0.3 is 9.47 Å². The molecule has 1 heterocycles. The second-order valence-corrected chi connectivity index (χ2v) is 2.25. The Kier molecular flexibility index (Phi) is 5.37. The number of ether oxygens (including phenoxy) is 2. The van der Waals surface area contributed by atoms with Crippen LogP contribution in [-0.2, 0) is 14.3 Å². The summed E-state index contributed by atoms with van der Waals surface area (Å²) in [6.45, 7) is 8.30. The number of rotatable bonds is 3. The van der Waals surface area contributed by atoms with Gasteiger partial charge in [-0.3, -0.25) is 0 Å². The molecule has 1 atom stereocenters. The zero-order valence-corrected chi connectivity index (χ0v) is 7.92. The van der Waals surface area contributed by atoms with Crippen molar-refractivity contribution in [2.75, 3.05) is 13.7 Å². The summed E-state index contributed by atoms with van der Waals surface area (Å²) in [6.07, 6.45) is 0.818. The van der Waals surface area contributed by atoms with Crippen LogP contribution in [0.3, 0.4) is 0 Å². The van der Waals surface area contributed by atoms with Crippen LogP contribution in [0.5, 0.6) is 0 Å². The molecule has 0 aromatic rings. The fraction of sp³-hybridized carbons (Fsp3) is 0.667. The summed E-state index contributed by atoms with van der Waals surface area (Å²) in [6, 6.07) is 0. The zero-order valence-electron chi connectivity index (χ0n) is 7.92. The van der Waals surface area contributed by atoms with Crippen LogP contribution < -0.4 is 0 Å². The molecule has 1 aliphatic rings. The highest BCUT2D eigenvalue weighted by atomic mass is 16.6. The molecule has 0 aromatic carbocycles. The third-order valence-corrected chi connectivity index (χ3v) is 1.35. The van der Waals surface area contributed by atoms with E-state index in [0.717, 1.165) is 6.61 Å². The quantitative estimate of drug-likeness (QED) is 0.368. The van der Waals surface area contributed by atoms with Crippen LogP contribution in [0, 0.1) is 0 Å². The van der Waals surface area contributed by atoms with Gasteiger partial charge in [-0.15, -0.1) is 0 Å². The summed E-state index contributed by atoms with van der Waals surface area (Å²) in [5.41, 5.74) is 0.491. The third kappa shape index (κ3) is 4.13. The smallest absolute Gasteiger partial charge is 0.333 e. The maximum absolute atomic E-state index is 10.7. The van der Waals surface area contributed by atoms with Gasteiger partial charge >= 0.3 is 5.97 Å². The number of hydrogen-bond donors (Lipinski definition) is 0. The van der Waals surface area contributed by atoms with Crippen LogP contribution in [0.4, 0.5) is 0 Å². The van der Waals surface area contributed by atoms with E-state index in [0.29, 0.717) is 12.0 Å². The van der Waals surface area contributed by atoms with Crippen LogP contribution >= 0.6 is 0 Å². The van der Waals surface area contributed by atoms with Crippen molar-refractivity contribution in [3.63, 3.8) is 0 Å². The number of hydrogen-bond acceptors (Lipinski definition) is 3. The molecule has 1 rings (SSSR count). The highest BCUT2D eigenvalue weighted by molar-refractivity contribution is 5.87. The number of carbonyl (C=O) groups excluding carboxylic acids is 1. The Morgan fingerprint density at radius 2 is 2.17 bits per heavy atom. The molecule has 3 nitrogen and oxygen atoms in total. The average molecular weight is 172 g/mol. The first-order valence-electron chi connectivity index (χ1n) is 4.11. The molecule has 1 fully saturated rings. The zero-order chi connectivity index (χ0) is 9.56. The molecule has 0 N–H and O–H groups in total. The average Bonchev–Trinajstić information content (AvgIpc) is 2.90. The van der Waals surface area contributed by atoms with E-state index in [1.165, 1.54) is 7.11 Å². The molecule has 3 heteroatoms. The Labute approximate surface area is 73.4 Å². The summed E-state index contributed by atoms with van der Waals surface area (Å²) in [4.78, 5) is 10.7. The Morgan fingerprint density at radius 3 is 2.50 bits per heavy atom. The van der Waals surface area contributed by atoms with Gasteiger partial charge in [0.25, 0.3) is 0 Å². The predicted molar refractivity (Wildman–Crippen MR) is 46.9 cm³/mol. The first kappa shape index (κ1) is 11.2. The van der Waals surface area contributed by atoms with Crippen LogP contribution in [-0.4, -0.2) is 25.8 Å². The molecule has 1 unspecified atom stereocenters. The number of carbonyl (C=O) groups is 1. The number of methoxy groups -OCH3 is 1. The molecule has 0 amide bonds. The third-order valence-electron chi connectivity index (χ3n) is 1.35. The topological polar surface area (TPSA) is 38.8 Å². The predicted octanol–water partition coefficient (Wildman–Crippen LogP) is 1.53. The van der Waals surface area contributed by atoms with Gasteiger partial charge in [0, 0.05) is 12.0 Å². The lowest BCUT2D eigenvalue weighted by Gasteiger charge is -1.98. The van der Waals surface area contributed by atoms with Crippen LogP contribution in [0.2, 0.25) is 0 Å². The van der Waals surface area contributed by atoms with Gasteiger partial charge in [-0.05, 0) is 0 Å². The Bertz CT molecular complexity index is 159. The van der Waals surface area contributed by atoms with Crippen LogP contribution in [0.1, 0.15) is 20.3 Å². The molecule has 0 radical (unpaired) electrons. The maximum Gasteiger partial charge on any atom is 0.333 e. The van der Waals surface area contributed by atoms with Crippen LogP contribution in [0.15, 0.2) is 12.2 Å². The van der Waals surface area contributed by atoms with Gasteiger partial charge in [-0.1, -0.05) is 20.4 Å². The lowest BCUT2D eigenvalue weighted by molar-refractivity contribution is -0.136. The summed E-state index contributed by atoms with van der Waals surface area (Å²) < 4.78 is 9.35. The lowest BCUT2D eigenvalue weighted by atomic mass is 10.2. The molecule has 1 saturated heterocycles. The van der Waals surface area contributed by atoms with Crippen molar-refractivity contribution in [2.45, 2.75) is 26.4 Å². The van der Waals surface area contributed by atoms with Gasteiger partial charge in [0.1, 0.15) is 0 Å². The molecule has 0 saturated carbocycles. The number of epoxide rings is 1. The van der Waals surface area contributed by atoms with E-state index in [9.17, 15) is 4.79 Å². The van der Waals surface area contributed by atoms with Crippen molar-refractivity contribution in [3.8, 4) is 0 Å². The Balaban J connectivity index is 0.000000561. The molecular formula is C9H16O3. The van der Waals surface area contributed by atoms with Crippen molar-refractivity contribution in [2.24, 2.45) is 0 Å². The molecule has 0 aliphatic carbocycles. The highest BCUT2D eigenvalue weighted by Gasteiger charge is 2.25. The lowest BCUT2D eigenvalue weighted by Crippen LogP contribution is -2.05. The van der Waals surface area contributed by atoms with Crippen molar-refractivity contribution in [1.29, 1.82) is 0 Å². The summed E-state index contributed by atoms with van der Waals surface area (Å²) in [5.74, 6) is -0.337. The highest BCUT2D eigenvalue weighted by Crippen LogP contribution is 2.18. The van der Waals surface area contributed by atoms with Crippen LogP contribution in [0.25, 0.3) is 0 Å². The molecule has 12 heavy (non-hydrogen) atoms. The SMILES string of the molecule is C=C(CC1CO1)C(=O)OC.CC. The Hall–Kier alpha value is -0.830. The van der Waals surface area contributed by atoms with E-state index in [2.05, 4.69) is 11.3 Å². The summed E-state index contributed by atoms with van der Waals surface area (Å²) in [7, 11) is 1.35.